The molecular weight excluding hydrogens is 939 g/mol. The minimum Gasteiger partial charge on any atom is -0.339 e. The molecule has 1 aromatic carbocycles. The number of nitrogens with one attached hydrogen (secondary N) is 2. The third-order valence-corrected chi connectivity index (χ3v) is 16.3. The summed E-state index contributed by atoms with van der Waals surface area (Å²) in [6.45, 7) is 0.608. The summed E-state index contributed by atoms with van der Waals surface area (Å²) in [6.07, 6.45) is 5.84. The molecule has 0 aliphatic carbocycles. The molecule has 7 heterocycles. The van der Waals surface area contributed by atoms with Gasteiger partial charge in [0.15, 0.2) is 14.9 Å². The topological polar surface area (TPSA) is 185 Å². The smallest absolute Gasteiger partial charge is 0.256 e. The highest BCUT2D eigenvalue weighted by atomic mass is 35.5. The molecule has 0 radical (unpaired) electrons. The molecule has 2 N–H and O–H groups in total. The van der Waals surface area contributed by atoms with E-state index >= 15 is 0 Å². The Labute approximate surface area is 377 Å². The maximum Gasteiger partial charge on any atom is 0.256 e. The minimum atomic E-state index is -3.52. The van der Waals surface area contributed by atoms with E-state index in [0.717, 1.165) is 25.7 Å². The third-order valence-electron chi connectivity index (χ3n) is 10.6. The minimum absolute atomic E-state index is 0.0319. The van der Waals surface area contributed by atoms with Gasteiger partial charge in [-0.3, -0.25) is 39.4 Å². The molecule has 0 spiro atoms. The zero-order chi connectivity index (χ0) is 43.2. The van der Waals surface area contributed by atoms with Crippen molar-refractivity contribution in [3.05, 3.63) is 87.0 Å². The highest BCUT2D eigenvalue weighted by Crippen LogP contribution is 2.39. The summed E-state index contributed by atoms with van der Waals surface area (Å²) in [5, 5.41) is 9.47. The first-order valence-corrected chi connectivity index (χ1v) is 23.8. The number of piperidine rings is 2. The Balaban J connectivity index is 0.000000183. The molecule has 2 saturated heterocycles. The number of sulfone groups is 1. The van der Waals surface area contributed by atoms with Crippen LogP contribution < -0.4 is 10.6 Å². The highest BCUT2D eigenvalue weighted by Gasteiger charge is 2.42. The largest absolute Gasteiger partial charge is 0.339 e. The number of imide groups is 2. The van der Waals surface area contributed by atoms with Gasteiger partial charge in [-0.25, -0.2) is 13.4 Å². The van der Waals surface area contributed by atoms with Crippen LogP contribution >= 0.6 is 81.3 Å². The maximum atomic E-state index is 12.8. The van der Waals surface area contributed by atoms with Gasteiger partial charge >= 0.3 is 0 Å². The van der Waals surface area contributed by atoms with Gasteiger partial charge < -0.3 is 14.4 Å². The Morgan fingerprint density at radius 2 is 1.32 bits per heavy atom. The number of carbonyl (C=O) groups is 6. The molecule has 8 rings (SSSR count). The number of aromatic nitrogens is 2. The molecule has 22 heteroatoms. The molecule has 4 aromatic rings. The predicted octanol–water partition coefficient (Wildman–Crippen LogP) is 5.93. The second-order valence-electron chi connectivity index (χ2n) is 14.5. The molecule has 0 bridgehead atoms. The van der Waals surface area contributed by atoms with Crippen LogP contribution in [0.3, 0.4) is 0 Å². The first-order chi connectivity index (χ1) is 28.4. The van der Waals surface area contributed by atoms with Gasteiger partial charge in [0, 0.05) is 66.1 Å². The maximum absolute atomic E-state index is 12.8. The zero-order valence-electron chi connectivity index (χ0n) is 31.5. The second-order valence-corrected chi connectivity index (χ2v) is 20.6. The Kier molecular flexibility index (Phi) is 13.2. The average molecular weight is 973 g/mol. The monoisotopic (exact) mass is 970 g/mol. The molecule has 316 valence electrons. The van der Waals surface area contributed by atoms with E-state index in [1.807, 2.05) is 5.38 Å². The number of nitrogens with zero attached hydrogens (tertiary/aromatic N) is 4. The molecule has 0 saturated carbocycles. The molecule has 3 aromatic heterocycles. The van der Waals surface area contributed by atoms with Gasteiger partial charge in [0.25, 0.3) is 11.8 Å². The number of amides is 6. The number of hydrogen-bond donors (Lipinski definition) is 2. The van der Waals surface area contributed by atoms with Gasteiger partial charge in [-0.05, 0) is 59.7 Å². The number of carbonyl (C=O) groups excluding carboxylic acids is 6. The lowest BCUT2D eigenvalue weighted by Gasteiger charge is -2.29. The normalized spacial score (nSPS) is 18.9. The van der Waals surface area contributed by atoms with Crippen molar-refractivity contribution < 1.29 is 37.2 Å². The second kappa shape index (κ2) is 17.9. The molecule has 2 atom stereocenters. The summed E-state index contributed by atoms with van der Waals surface area (Å²) >= 11 is 33.2. The summed E-state index contributed by atoms with van der Waals surface area (Å²) in [6, 6.07) is 0.205. The van der Waals surface area contributed by atoms with Crippen molar-refractivity contribution in [3.63, 3.8) is 0 Å². The first kappa shape index (κ1) is 44.3. The van der Waals surface area contributed by atoms with Crippen LogP contribution in [0.25, 0.3) is 0 Å². The Bertz CT molecular complexity index is 2580. The van der Waals surface area contributed by atoms with Crippen LogP contribution in [0.15, 0.2) is 34.4 Å². The molecule has 2 unspecified atom stereocenters. The number of rotatable bonds is 11. The van der Waals surface area contributed by atoms with E-state index in [0.29, 0.717) is 75.4 Å². The molecule has 60 heavy (non-hydrogen) atoms. The highest BCUT2D eigenvalue weighted by molar-refractivity contribution is 7.91. The van der Waals surface area contributed by atoms with Gasteiger partial charge in [-0.15, -0.1) is 22.7 Å². The van der Waals surface area contributed by atoms with Crippen LogP contribution in [0.1, 0.15) is 79.3 Å². The molecule has 4 aliphatic heterocycles. The van der Waals surface area contributed by atoms with Gasteiger partial charge in [-0.1, -0.05) is 58.6 Å². The number of thiocarbonyl (C=S) groups is 1. The van der Waals surface area contributed by atoms with E-state index in [1.165, 1.54) is 46.2 Å². The van der Waals surface area contributed by atoms with E-state index in [9.17, 15) is 37.2 Å². The van der Waals surface area contributed by atoms with Crippen LogP contribution in [0.2, 0.25) is 20.1 Å². The van der Waals surface area contributed by atoms with Crippen molar-refractivity contribution in [2.24, 2.45) is 7.05 Å². The lowest BCUT2D eigenvalue weighted by Crippen LogP contribution is -2.52. The third kappa shape index (κ3) is 9.07. The number of aryl methyl sites for hydroxylation is 3. The Hall–Kier alpha value is -3.75. The fourth-order valence-electron chi connectivity index (χ4n) is 7.42. The SMILES string of the molecule is Cn1cnc(S(=O)(=O)CCc2scc3c2CN(C2CCC(=O)NC2=O)C3=O)c1.O=C1CCC(N2Cc3c(csc3CCC(=S)Cc3c(Cl)c(Cl)cc(Cl)c3Cl)C2=O)C(=O)N1. The molecule has 6 amide bonds. The summed E-state index contributed by atoms with van der Waals surface area (Å²) in [4.78, 5) is 82.1. The van der Waals surface area contributed by atoms with E-state index in [1.54, 1.807) is 21.9 Å². The average Bonchev–Trinajstić information content (AvgIpc) is 4.02. The predicted molar refractivity (Wildman–Crippen MR) is 231 cm³/mol. The fraction of sp³-hybridized carbons (Fsp3) is 0.368. The van der Waals surface area contributed by atoms with Gasteiger partial charge in [0.2, 0.25) is 23.6 Å². The van der Waals surface area contributed by atoms with Crippen molar-refractivity contribution in [3.8, 4) is 0 Å². The first-order valence-electron chi connectivity index (χ1n) is 18.5. The van der Waals surface area contributed by atoms with Gasteiger partial charge in [0.1, 0.15) is 12.1 Å². The Morgan fingerprint density at radius 3 is 1.78 bits per heavy atom. The standard InChI is InChI=1S/C21H16Cl4N2O3S2.C17H18N4O5S2/c22-13-6-14(23)19(25)10(18(13)24)5-9(31)1-3-16-11-7-27(21(30)12(11)8-32-16)15-2-4-17(28)26-20(15)29;1-20-7-15(18-9-20)28(25,26)5-4-13-10-6-21(17(24)11(10)8-27-13)12-2-3-14(22)19-16(12)23/h6,8,15H,1-5,7H2,(H,26,28,29);7-9,12H,2-6H2,1H3,(H,19,22,23). The van der Waals surface area contributed by atoms with Crippen molar-refractivity contribution in [2.75, 3.05) is 5.75 Å². The number of imidazole rings is 1. The van der Waals surface area contributed by atoms with Crippen molar-refractivity contribution >= 4 is 131 Å². The molecular formula is C38H34Cl4N6O8S4. The molecule has 2 fully saturated rings. The number of thiophene rings is 2. The molecule has 14 nitrogen and oxygen atoms in total. The van der Waals surface area contributed by atoms with E-state index in [2.05, 4.69) is 15.6 Å². The zero-order valence-corrected chi connectivity index (χ0v) is 37.8. The van der Waals surface area contributed by atoms with E-state index < -0.39 is 33.7 Å². The summed E-state index contributed by atoms with van der Waals surface area (Å²) in [5.41, 5.74) is 3.44. The van der Waals surface area contributed by atoms with Crippen LogP contribution in [-0.4, -0.2) is 85.9 Å². The van der Waals surface area contributed by atoms with Gasteiger partial charge in [0.05, 0.1) is 43.3 Å². The quantitative estimate of drug-likeness (QED) is 0.104. The summed E-state index contributed by atoms with van der Waals surface area (Å²) in [7, 11) is -1.82. The van der Waals surface area contributed by atoms with Crippen molar-refractivity contribution in [1.82, 2.24) is 30.0 Å². The molecule has 4 aliphatic rings. The van der Waals surface area contributed by atoms with Crippen LogP contribution in [0.4, 0.5) is 0 Å². The van der Waals surface area contributed by atoms with Gasteiger partial charge in [-0.2, -0.15) is 0 Å². The number of hydrogen-bond acceptors (Lipinski definition) is 12. The number of benzene rings is 1. The van der Waals surface area contributed by atoms with E-state index in [4.69, 9.17) is 58.6 Å². The fourth-order valence-corrected chi connectivity index (χ4v) is 12.1. The lowest BCUT2D eigenvalue weighted by atomic mass is 10.0. The lowest BCUT2D eigenvalue weighted by molar-refractivity contribution is -0.138. The van der Waals surface area contributed by atoms with Crippen molar-refractivity contribution in [2.45, 2.75) is 81.6 Å². The van der Waals surface area contributed by atoms with E-state index in [-0.39, 0.29) is 60.2 Å². The number of fused-ring (bicyclic) bond motifs is 2. The van der Waals surface area contributed by atoms with Crippen molar-refractivity contribution in [1.29, 1.82) is 0 Å². The van der Waals surface area contributed by atoms with Crippen LogP contribution in [0, 0.1) is 0 Å². The number of halogens is 4. The summed E-state index contributed by atoms with van der Waals surface area (Å²) in [5.74, 6) is -2.04. The van der Waals surface area contributed by atoms with Crippen LogP contribution in [0.5, 0.6) is 0 Å². The van der Waals surface area contributed by atoms with Crippen LogP contribution in [-0.2, 0) is 68.4 Å². The summed E-state index contributed by atoms with van der Waals surface area (Å²) < 4.78 is 26.5. The Morgan fingerprint density at radius 1 is 0.817 bits per heavy atom.